The van der Waals surface area contributed by atoms with Crippen LogP contribution in [0.2, 0.25) is 10.0 Å². The average Bonchev–Trinajstić information content (AvgIpc) is 2.41. The summed E-state index contributed by atoms with van der Waals surface area (Å²) in [7, 11) is 1.52. The summed E-state index contributed by atoms with van der Waals surface area (Å²) in [5.41, 5.74) is 0.538. The quantitative estimate of drug-likeness (QED) is 0.897. The molecule has 2 rings (SSSR count). The molecule has 1 aromatic carbocycles. The zero-order valence-electron chi connectivity index (χ0n) is 10.4. The van der Waals surface area contributed by atoms with E-state index < -0.39 is 5.97 Å². The monoisotopic (exact) mass is 312 g/mol. The summed E-state index contributed by atoms with van der Waals surface area (Å²) < 4.78 is 5.18. The molecular formula is C13H10Cl2N2O3. The number of carbonyl (C=O) groups is 1. The van der Waals surface area contributed by atoms with Gasteiger partial charge in [-0.3, -0.25) is 0 Å². The maximum absolute atomic E-state index is 11.0. The number of ether oxygens (including phenoxy) is 1. The minimum atomic E-state index is -1.13. The topological polar surface area (TPSA) is 71.5 Å². The average molecular weight is 313 g/mol. The van der Waals surface area contributed by atoms with Crippen LogP contribution < -0.4 is 10.1 Å². The number of nitrogens with one attached hydrogen (secondary N) is 1. The molecule has 0 aliphatic heterocycles. The van der Waals surface area contributed by atoms with Crippen LogP contribution in [0.4, 0.5) is 11.5 Å². The van der Waals surface area contributed by atoms with E-state index in [4.69, 9.17) is 33.0 Å². The fraction of sp³-hybridized carbons (Fsp3) is 0.0769. The normalized spacial score (nSPS) is 10.2. The van der Waals surface area contributed by atoms with Gasteiger partial charge < -0.3 is 15.2 Å². The molecule has 0 spiro atoms. The minimum Gasteiger partial charge on any atom is -0.495 e. The molecule has 0 aliphatic carbocycles. The minimum absolute atomic E-state index is 0.0369. The van der Waals surface area contributed by atoms with Crippen molar-refractivity contribution in [2.24, 2.45) is 0 Å². The summed E-state index contributed by atoms with van der Waals surface area (Å²) in [4.78, 5) is 15.0. The Kier molecular flexibility index (Phi) is 4.32. The van der Waals surface area contributed by atoms with E-state index in [0.29, 0.717) is 22.3 Å². The lowest BCUT2D eigenvalue weighted by Gasteiger charge is -2.11. The van der Waals surface area contributed by atoms with E-state index in [1.807, 2.05) is 0 Å². The predicted molar refractivity (Wildman–Crippen MR) is 77.5 cm³/mol. The zero-order chi connectivity index (χ0) is 14.7. The molecule has 104 valence electrons. The third-order valence-corrected chi connectivity index (χ3v) is 3.05. The van der Waals surface area contributed by atoms with Crippen molar-refractivity contribution >= 4 is 40.7 Å². The van der Waals surface area contributed by atoms with Gasteiger partial charge in [-0.1, -0.05) is 23.2 Å². The van der Waals surface area contributed by atoms with Crippen molar-refractivity contribution in [2.45, 2.75) is 0 Å². The lowest BCUT2D eigenvalue weighted by molar-refractivity contribution is 0.0697. The Morgan fingerprint density at radius 3 is 2.75 bits per heavy atom. The Hall–Kier alpha value is -1.98. The number of hydrogen-bond acceptors (Lipinski definition) is 4. The van der Waals surface area contributed by atoms with Crippen molar-refractivity contribution in [1.82, 2.24) is 4.98 Å². The number of carboxylic acids is 1. The molecule has 1 heterocycles. The number of halogens is 2. The molecule has 1 aromatic heterocycles. The maximum atomic E-state index is 11.0. The van der Waals surface area contributed by atoms with Gasteiger partial charge in [0.05, 0.1) is 23.4 Å². The molecule has 0 fully saturated rings. The van der Waals surface area contributed by atoms with Crippen molar-refractivity contribution < 1.29 is 14.6 Å². The van der Waals surface area contributed by atoms with Crippen LogP contribution in [0.5, 0.6) is 5.75 Å². The predicted octanol–water partition coefficient (Wildman–Crippen LogP) is 3.84. The van der Waals surface area contributed by atoms with E-state index in [1.165, 1.54) is 19.4 Å². The Labute approximate surface area is 125 Å². The van der Waals surface area contributed by atoms with Gasteiger partial charge in [-0.2, -0.15) is 0 Å². The van der Waals surface area contributed by atoms with Gasteiger partial charge in [0.1, 0.15) is 11.6 Å². The number of aromatic nitrogens is 1. The Morgan fingerprint density at radius 1 is 1.35 bits per heavy atom. The molecule has 0 atom stereocenters. The van der Waals surface area contributed by atoms with Crippen LogP contribution in [0.25, 0.3) is 0 Å². The van der Waals surface area contributed by atoms with Crippen LogP contribution in [-0.2, 0) is 0 Å². The number of carboxylic acid groups (broad SMARTS) is 1. The molecule has 0 unspecified atom stereocenters. The highest BCUT2D eigenvalue weighted by Crippen LogP contribution is 2.30. The largest absolute Gasteiger partial charge is 0.495 e. The van der Waals surface area contributed by atoms with Crippen LogP contribution >= 0.6 is 23.2 Å². The molecular weight excluding hydrogens is 303 g/mol. The number of methoxy groups -OCH3 is 1. The Balaban J connectivity index is 2.37. The number of benzene rings is 1. The number of nitrogens with zero attached hydrogens (tertiary/aromatic N) is 1. The summed E-state index contributed by atoms with van der Waals surface area (Å²) in [6, 6.07) is 6.37. The fourth-order valence-corrected chi connectivity index (χ4v) is 1.94. The lowest BCUT2D eigenvalue weighted by Crippen LogP contribution is -2.02. The second-order valence-electron chi connectivity index (χ2n) is 3.82. The molecule has 5 nitrogen and oxygen atoms in total. The first-order valence-corrected chi connectivity index (χ1v) is 6.26. The van der Waals surface area contributed by atoms with Gasteiger partial charge in [-0.15, -0.1) is 0 Å². The highest BCUT2D eigenvalue weighted by atomic mass is 35.5. The van der Waals surface area contributed by atoms with Crippen molar-refractivity contribution in [2.75, 3.05) is 12.4 Å². The third kappa shape index (κ3) is 3.12. The van der Waals surface area contributed by atoms with Crippen molar-refractivity contribution in [3.8, 4) is 5.75 Å². The van der Waals surface area contributed by atoms with E-state index >= 15 is 0 Å². The molecule has 2 aromatic rings. The Bertz CT molecular complexity index is 662. The fourth-order valence-electron chi connectivity index (χ4n) is 1.59. The first kappa shape index (κ1) is 14.4. The number of anilines is 2. The molecule has 0 saturated heterocycles. The Morgan fingerprint density at radius 2 is 2.10 bits per heavy atom. The molecule has 0 saturated carbocycles. The van der Waals surface area contributed by atoms with Gasteiger partial charge in [0.25, 0.3) is 0 Å². The van der Waals surface area contributed by atoms with Crippen molar-refractivity contribution in [3.05, 3.63) is 46.1 Å². The van der Waals surface area contributed by atoms with E-state index in [-0.39, 0.29) is 10.6 Å². The summed E-state index contributed by atoms with van der Waals surface area (Å²) in [5, 5.41) is 12.5. The molecule has 0 amide bonds. The van der Waals surface area contributed by atoms with Crippen LogP contribution in [0.3, 0.4) is 0 Å². The summed E-state index contributed by atoms with van der Waals surface area (Å²) >= 11 is 11.7. The summed E-state index contributed by atoms with van der Waals surface area (Å²) in [6.07, 6.45) is 1.27. The van der Waals surface area contributed by atoms with E-state index in [2.05, 4.69) is 10.3 Å². The molecule has 0 bridgehead atoms. The molecule has 7 heteroatoms. The van der Waals surface area contributed by atoms with Crippen molar-refractivity contribution in [3.63, 3.8) is 0 Å². The number of rotatable bonds is 4. The zero-order valence-corrected chi connectivity index (χ0v) is 11.9. The third-order valence-electron chi connectivity index (χ3n) is 2.51. The van der Waals surface area contributed by atoms with Crippen LogP contribution in [-0.4, -0.2) is 23.2 Å². The summed E-state index contributed by atoms with van der Waals surface area (Å²) in [6.45, 7) is 0. The van der Waals surface area contributed by atoms with Gasteiger partial charge in [0.2, 0.25) is 0 Å². The van der Waals surface area contributed by atoms with Crippen LogP contribution in [0.15, 0.2) is 30.5 Å². The number of hydrogen-bond donors (Lipinski definition) is 2. The van der Waals surface area contributed by atoms with E-state index in [0.717, 1.165) is 0 Å². The number of pyridine rings is 1. The first-order valence-electron chi connectivity index (χ1n) is 5.50. The van der Waals surface area contributed by atoms with Crippen LogP contribution in [0.1, 0.15) is 10.4 Å². The maximum Gasteiger partial charge on any atom is 0.337 e. The molecule has 20 heavy (non-hydrogen) atoms. The van der Waals surface area contributed by atoms with Gasteiger partial charge >= 0.3 is 5.97 Å². The second-order valence-corrected chi connectivity index (χ2v) is 4.67. The lowest BCUT2D eigenvalue weighted by atomic mass is 10.2. The smallest absolute Gasteiger partial charge is 0.337 e. The molecule has 2 N–H and O–H groups in total. The van der Waals surface area contributed by atoms with Crippen molar-refractivity contribution in [1.29, 1.82) is 0 Å². The highest BCUT2D eigenvalue weighted by Gasteiger charge is 2.12. The molecule has 0 radical (unpaired) electrons. The van der Waals surface area contributed by atoms with E-state index in [9.17, 15) is 4.79 Å². The standard InChI is InChI=1S/C13H10Cl2N2O3/c1-20-11-3-2-7(14)4-10(11)17-12-5-8(13(18)19)9(15)6-16-12/h2-6H,1H3,(H,16,17)(H,18,19). The van der Waals surface area contributed by atoms with E-state index in [1.54, 1.807) is 18.2 Å². The number of aromatic carboxylic acids is 1. The SMILES string of the molecule is COc1ccc(Cl)cc1Nc1cc(C(=O)O)c(Cl)cn1. The van der Waals surface area contributed by atoms with Crippen LogP contribution in [0, 0.1) is 0 Å². The van der Waals surface area contributed by atoms with Gasteiger partial charge in [-0.25, -0.2) is 9.78 Å². The molecule has 0 aliphatic rings. The van der Waals surface area contributed by atoms with Gasteiger partial charge in [-0.05, 0) is 24.3 Å². The van der Waals surface area contributed by atoms with Gasteiger partial charge in [0, 0.05) is 11.2 Å². The highest BCUT2D eigenvalue weighted by molar-refractivity contribution is 6.33. The first-order chi connectivity index (χ1) is 9.51. The second kappa shape index (κ2) is 5.98. The van der Waals surface area contributed by atoms with Gasteiger partial charge in [0.15, 0.2) is 0 Å². The summed E-state index contributed by atoms with van der Waals surface area (Å²) in [5.74, 6) is -0.242.